The van der Waals surface area contributed by atoms with Crippen LogP contribution in [0.5, 0.6) is 5.88 Å². The second-order valence-corrected chi connectivity index (χ2v) is 5.60. The standard InChI is InChI=1S/C19H16F2N2O2/c1-11-15-7-6-14(21)9-16(15)23-19(25-2)17(11)18(24)22-10-12-4-3-5-13(20)8-12/h3-9H,10H2,1-2H3,(H,22,24). The number of hydrogen-bond donors (Lipinski definition) is 1. The van der Waals surface area contributed by atoms with Gasteiger partial charge in [-0.3, -0.25) is 4.79 Å². The number of aryl methyl sites for hydroxylation is 1. The Morgan fingerprint density at radius 1 is 1.16 bits per heavy atom. The van der Waals surface area contributed by atoms with Gasteiger partial charge in [-0.1, -0.05) is 12.1 Å². The molecule has 0 aliphatic rings. The van der Waals surface area contributed by atoms with Crippen LogP contribution in [-0.4, -0.2) is 18.0 Å². The maximum absolute atomic E-state index is 13.4. The fraction of sp³-hybridized carbons (Fsp3) is 0.158. The summed E-state index contributed by atoms with van der Waals surface area (Å²) < 4.78 is 31.9. The van der Waals surface area contributed by atoms with E-state index in [1.807, 2.05) is 0 Å². The molecule has 128 valence electrons. The summed E-state index contributed by atoms with van der Waals surface area (Å²) in [5.41, 5.74) is 1.97. The molecule has 0 radical (unpaired) electrons. The second-order valence-electron chi connectivity index (χ2n) is 5.60. The van der Waals surface area contributed by atoms with Crippen LogP contribution >= 0.6 is 0 Å². The molecule has 6 heteroatoms. The highest BCUT2D eigenvalue weighted by Gasteiger charge is 2.19. The van der Waals surface area contributed by atoms with Crippen molar-refractivity contribution in [1.29, 1.82) is 0 Å². The molecule has 0 atom stereocenters. The number of ether oxygens (including phenoxy) is 1. The molecule has 0 aliphatic heterocycles. The summed E-state index contributed by atoms with van der Waals surface area (Å²) in [5, 5.41) is 3.40. The first kappa shape index (κ1) is 16.8. The quantitative estimate of drug-likeness (QED) is 0.785. The Morgan fingerprint density at radius 2 is 1.92 bits per heavy atom. The van der Waals surface area contributed by atoms with E-state index < -0.39 is 11.7 Å². The molecule has 0 spiro atoms. The predicted octanol–water partition coefficient (Wildman–Crippen LogP) is 3.76. The van der Waals surface area contributed by atoms with E-state index in [1.54, 1.807) is 25.1 Å². The van der Waals surface area contributed by atoms with E-state index in [2.05, 4.69) is 10.3 Å². The largest absolute Gasteiger partial charge is 0.480 e. The van der Waals surface area contributed by atoms with Gasteiger partial charge in [0.25, 0.3) is 5.91 Å². The topological polar surface area (TPSA) is 51.2 Å². The number of carbonyl (C=O) groups excluding carboxylic acids is 1. The van der Waals surface area contributed by atoms with Crippen molar-refractivity contribution in [2.45, 2.75) is 13.5 Å². The zero-order valence-corrected chi connectivity index (χ0v) is 13.8. The first-order valence-electron chi connectivity index (χ1n) is 7.66. The molecule has 3 aromatic rings. The van der Waals surface area contributed by atoms with Crippen molar-refractivity contribution in [3.8, 4) is 5.88 Å². The number of benzene rings is 2. The Balaban J connectivity index is 1.94. The summed E-state index contributed by atoms with van der Waals surface area (Å²) >= 11 is 0. The molecule has 4 nitrogen and oxygen atoms in total. The number of rotatable bonds is 4. The Labute approximate surface area is 143 Å². The maximum atomic E-state index is 13.4. The first-order valence-corrected chi connectivity index (χ1v) is 7.66. The van der Waals surface area contributed by atoms with Gasteiger partial charge in [0.2, 0.25) is 5.88 Å². The lowest BCUT2D eigenvalue weighted by Gasteiger charge is -2.14. The van der Waals surface area contributed by atoms with E-state index in [0.29, 0.717) is 22.0 Å². The second kappa shape index (κ2) is 6.84. The fourth-order valence-electron chi connectivity index (χ4n) is 2.71. The molecule has 1 aromatic heterocycles. The number of amides is 1. The number of hydrogen-bond acceptors (Lipinski definition) is 3. The minimum atomic E-state index is -0.412. The zero-order valence-electron chi connectivity index (χ0n) is 13.8. The van der Waals surface area contributed by atoms with Crippen molar-refractivity contribution in [3.63, 3.8) is 0 Å². The summed E-state index contributed by atoms with van der Waals surface area (Å²) in [4.78, 5) is 16.8. The van der Waals surface area contributed by atoms with Gasteiger partial charge in [-0.2, -0.15) is 0 Å². The van der Waals surface area contributed by atoms with Gasteiger partial charge in [-0.15, -0.1) is 0 Å². The molecule has 1 heterocycles. The first-order chi connectivity index (χ1) is 12.0. The average Bonchev–Trinajstić information content (AvgIpc) is 2.59. The monoisotopic (exact) mass is 342 g/mol. The Hall–Kier alpha value is -3.02. The molecule has 0 bridgehead atoms. The van der Waals surface area contributed by atoms with Crippen molar-refractivity contribution >= 4 is 16.8 Å². The normalized spacial score (nSPS) is 10.7. The van der Waals surface area contributed by atoms with Gasteiger partial charge in [0.1, 0.15) is 17.2 Å². The predicted molar refractivity (Wildman–Crippen MR) is 90.6 cm³/mol. The Bertz CT molecular complexity index is 958. The lowest BCUT2D eigenvalue weighted by atomic mass is 10.0. The van der Waals surface area contributed by atoms with E-state index >= 15 is 0 Å². The van der Waals surface area contributed by atoms with E-state index in [0.717, 1.165) is 0 Å². The Kier molecular flexibility index (Phi) is 4.61. The number of nitrogens with one attached hydrogen (secondary N) is 1. The van der Waals surface area contributed by atoms with Crippen molar-refractivity contribution in [2.24, 2.45) is 0 Å². The molecule has 0 saturated heterocycles. The van der Waals surface area contributed by atoms with Crippen LogP contribution in [-0.2, 0) is 6.54 Å². The molecule has 1 amide bonds. The summed E-state index contributed by atoms with van der Waals surface area (Å²) in [7, 11) is 1.40. The maximum Gasteiger partial charge on any atom is 0.257 e. The number of pyridine rings is 1. The minimum absolute atomic E-state index is 0.118. The highest BCUT2D eigenvalue weighted by Crippen LogP contribution is 2.28. The highest BCUT2D eigenvalue weighted by molar-refractivity contribution is 6.02. The third kappa shape index (κ3) is 3.42. The fourth-order valence-corrected chi connectivity index (χ4v) is 2.71. The van der Waals surface area contributed by atoms with E-state index in [-0.39, 0.29) is 23.8 Å². The van der Waals surface area contributed by atoms with Gasteiger partial charge in [-0.05, 0) is 42.3 Å². The summed E-state index contributed by atoms with van der Waals surface area (Å²) in [6.45, 7) is 1.92. The molecular weight excluding hydrogens is 326 g/mol. The van der Waals surface area contributed by atoms with Crippen LogP contribution in [0.25, 0.3) is 10.9 Å². The molecule has 3 rings (SSSR count). The minimum Gasteiger partial charge on any atom is -0.480 e. The lowest BCUT2D eigenvalue weighted by Crippen LogP contribution is -2.24. The number of aromatic nitrogens is 1. The molecule has 2 aromatic carbocycles. The van der Waals surface area contributed by atoms with Crippen molar-refractivity contribution in [3.05, 3.63) is 70.8 Å². The summed E-state index contributed by atoms with van der Waals surface area (Å²) in [5.74, 6) is -1.05. The van der Waals surface area contributed by atoms with Crippen molar-refractivity contribution in [2.75, 3.05) is 7.11 Å². The van der Waals surface area contributed by atoms with Crippen molar-refractivity contribution in [1.82, 2.24) is 10.3 Å². The molecule has 0 saturated carbocycles. The van der Waals surface area contributed by atoms with Crippen LogP contribution in [0.4, 0.5) is 8.78 Å². The van der Waals surface area contributed by atoms with Gasteiger partial charge in [0.05, 0.1) is 12.6 Å². The molecule has 0 fully saturated rings. The van der Waals surface area contributed by atoms with Gasteiger partial charge >= 0.3 is 0 Å². The molecule has 25 heavy (non-hydrogen) atoms. The van der Waals surface area contributed by atoms with E-state index in [4.69, 9.17) is 4.74 Å². The SMILES string of the molecule is COc1nc2cc(F)ccc2c(C)c1C(=O)NCc1cccc(F)c1. The third-order valence-electron chi connectivity index (χ3n) is 3.94. The number of carbonyl (C=O) groups is 1. The van der Waals surface area contributed by atoms with Crippen LogP contribution in [0.2, 0.25) is 0 Å². The number of halogens is 2. The highest BCUT2D eigenvalue weighted by atomic mass is 19.1. The van der Waals surface area contributed by atoms with Gasteiger partial charge in [0.15, 0.2) is 0 Å². The van der Waals surface area contributed by atoms with E-state index in [9.17, 15) is 13.6 Å². The van der Waals surface area contributed by atoms with Crippen LogP contribution < -0.4 is 10.1 Å². The summed E-state index contributed by atoms with van der Waals surface area (Å²) in [6, 6.07) is 10.2. The number of nitrogens with zero attached hydrogens (tertiary/aromatic N) is 1. The third-order valence-corrected chi connectivity index (χ3v) is 3.94. The molecule has 0 unspecified atom stereocenters. The molecule has 0 aliphatic carbocycles. The van der Waals surface area contributed by atoms with Crippen LogP contribution in [0, 0.1) is 18.6 Å². The molecule has 1 N–H and O–H groups in total. The number of methoxy groups -OCH3 is 1. The van der Waals surface area contributed by atoms with Gasteiger partial charge in [0, 0.05) is 18.0 Å². The molecular formula is C19H16F2N2O2. The zero-order chi connectivity index (χ0) is 18.0. The van der Waals surface area contributed by atoms with Crippen molar-refractivity contribution < 1.29 is 18.3 Å². The van der Waals surface area contributed by atoms with Crippen LogP contribution in [0.3, 0.4) is 0 Å². The number of fused-ring (bicyclic) bond motifs is 1. The Morgan fingerprint density at radius 3 is 2.64 bits per heavy atom. The average molecular weight is 342 g/mol. The van der Waals surface area contributed by atoms with Crippen LogP contribution in [0.1, 0.15) is 21.5 Å². The van der Waals surface area contributed by atoms with Crippen LogP contribution in [0.15, 0.2) is 42.5 Å². The van der Waals surface area contributed by atoms with Gasteiger partial charge in [-0.25, -0.2) is 13.8 Å². The lowest BCUT2D eigenvalue weighted by molar-refractivity contribution is 0.0946. The van der Waals surface area contributed by atoms with E-state index in [1.165, 1.54) is 31.4 Å². The summed E-state index contributed by atoms with van der Waals surface area (Å²) in [6.07, 6.45) is 0. The smallest absolute Gasteiger partial charge is 0.257 e. The van der Waals surface area contributed by atoms with Gasteiger partial charge < -0.3 is 10.1 Å².